The van der Waals surface area contributed by atoms with Crippen LogP contribution in [0.25, 0.3) is 10.9 Å². The van der Waals surface area contributed by atoms with Gasteiger partial charge in [0.05, 0.1) is 13.7 Å². The van der Waals surface area contributed by atoms with Crippen molar-refractivity contribution in [1.29, 1.82) is 0 Å². The van der Waals surface area contributed by atoms with Crippen LogP contribution < -0.4 is 9.47 Å². The molecular formula is C20H22N2O3. The standard InChI is InChI=1S/C20H22N2O3/c1-14-4-5-15-13-19(21-18(15)12-14)20(23)22(2)10-11-25-17-8-6-16(24-3)7-9-17/h4-9,12-13,21H,10-11H2,1-3H3. The fourth-order valence-corrected chi connectivity index (χ4v) is 2.64. The molecule has 0 spiro atoms. The van der Waals surface area contributed by atoms with Gasteiger partial charge < -0.3 is 19.4 Å². The Morgan fingerprint density at radius 1 is 1.08 bits per heavy atom. The van der Waals surface area contributed by atoms with Crippen molar-refractivity contribution >= 4 is 16.8 Å². The predicted molar refractivity (Wildman–Crippen MR) is 98.5 cm³/mol. The zero-order chi connectivity index (χ0) is 17.8. The van der Waals surface area contributed by atoms with Crippen molar-refractivity contribution in [3.63, 3.8) is 0 Å². The summed E-state index contributed by atoms with van der Waals surface area (Å²) < 4.78 is 10.8. The van der Waals surface area contributed by atoms with Crippen LogP contribution in [0.15, 0.2) is 48.5 Å². The van der Waals surface area contributed by atoms with Crippen molar-refractivity contribution in [3.8, 4) is 11.5 Å². The average molecular weight is 338 g/mol. The van der Waals surface area contributed by atoms with E-state index >= 15 is 0 Å². The number of nitrogens with one attached hydrogen (secondary N) is 1. The van der Waals surface area contributed by atoms with Gasteiger partial charge in [-0.1, -0.05) is 12.1 Å². The summed E-state index contributed by atoms with van der Waals surface area (Å²) in [4.78, 5) is 17.4. The van der Waals surface area contributed by atoms with E-state index in [2.05, 4.69) is 4.98 Å². The minimum absolute atomic E-state index is 0.0489. The topological polar surface area (TPSA) is 54.6 Å². The normalized spacial score (nSPS) is 10.7. The largest absolute Gasteiger partial charge is 0.497 e. The third kappa shape index (κ3) is 3.94. The molecule has 5 nitrogen and oxygen atoms in total. The van der Waals surface area contributed by atoms with Crippen LogP contribution in [-0.4, -0.2) is 43.1 Å². The van der Waals surface area contributed by atoms with E-state index in [1.54, 1.807) is 19.1 Å². The molecule has 0 aliphatic rings. The predicted octanol–water partition coefficient (Wildman–Crippen LogP) is 3.64. The summed E-state index contributed by atoms with van der Waals surface area (Å²) in [7, 11) is 3.40. The monoisotopic (exact) mass is 338 g/mol. The van der Waals surface area contributed by atoms with Gasteiger partial charge in [0, 0.05) is 18.0 Å². The summed E-state index contributed by atoms with van der Waals surface area (Å²) in [5, 5.41) is 1.04. The Labute approximate surface area is 147 Å². The number of likely N-dealkylation sites (N-methyl/N-ethyl adjacent to an activating group) is 1. The summed E-state index contributed by atoms with van der Waals surface area (Å²) >= 11 is 0. The Kier molecular flexibility index (Phi) is 4.93. The zero-order valence-corrected chi connectivity index (χ0v) is 14.7. The molecular weight excluding hydrogens is 316 g/mol. The lowest BCUT2D eigenvalue weighted by atomic mass is 10.2. The van der Waals surface area contributed by atoms with Gasteiger partial charge in [-0.05, 0) is 48.9 Å². The van der Waals surface area contributed by atoms with Gasteiger partial charge in [0.2, 0.25) is 0 Å². The van der Waals surface area contributed by atoms with E-state index in [9.17, 15) is 4.79 Å². The first-order valence-corrected chi connectivity index (χ1v) is 8.18. The van der Waals surface area contributed by atoms with Crippen LogP contribution in [0.3, 0.4) is 0 Å². The molecule has 0 atom stereocenters. The fourth-order valence-electron chi connectivity index (χ4n) is 2.64. The fraction of sp³-hybridized carbons (Fsp3) is 0.250. The number of methoxy groups -OCH3 is 1. The van der Waals surface area contributed by atoms with Crippen molar-refractivity contribution < 1.29 is 14.3 Å². The Morgan fingerprint density at radius 3 is 2.52 bits per heavy atom. The molecule has 0 radical (unpaired) electrons. The Hall–Kier alpha value is -2.95. The highest BCUT2D eigenvalue weighted by Gasteiger charge is 2.14. The molecule has 0 bridgehead atoms. The van der Waals surface area contributed by atoms with Crippen LogP contribution in [-0.2, 0) is 0 Å². The zero-order valence-electron chi connectivity index (χ0n) is 14.7. The molecule has 1 aromatic heterocycles. The van der Waals surface area contributed by atoms with E-state index < -0.39 is 0 Å². The average Bonchev–Trinajstić information content (AvgIpc) is 3.04. The summed E-state index contributed by atoms with van der Waals surface area (Å²) in [6.07, 6.45) is 0. The number of carbonyl (C=O) groups is 1. The lowest BCUT2D eigenvalue weighted by Crippen LogP contribution is -2.31. The molecule has 3 aromatic rings. The molecule has 1 N–H and O–H groups in total. The van der Waals surface area contributed by atoms with Crippen LogP contribution >= 0.6 is 0 Å². The van der Waals surface area contributed by atoms with Crippen molar-refractivity contribution in [2.45, 2.75) is 6.92 Å². The molecule has 0 saturated carbocycles. The molecule has 0 aliphatic heterocycles. The highest BCUT2D eigenvalue weighted by molar-refractivity contribution is 5.98. The number of nitrogens with zero attached hydrogens (tertiary/aromatic N) is 1. The van der Waals surface area contributed by atoms with Gasteiger partial charge in [-0.3, -0.25) is 4.79 Å². The van der Waals surface area contributed by atoms with Crippen molar-refractivity contribution in [2.75, 3.05) is 27.3 Å². The van der Waals surface area contributed by atoms with Crippen LogP contribution in [0.1, 0.15) is 16.1 Å². The number of carbonyl (C=O) groups excluding carboxylic acids is 1. The maximum Gasteiger partial charge on any atom is 0.270 e. The number of hydrogen-bond acceptors (Lipinski definition) is 3. The number of ether oxygens (including phenoxy) is 2. The van der Waals surface area contributed by atoms with E-state index in [1.807, 2.05) is 55.5 Å². The summed E-state index contributed by atoms with van der Waals surface area (Å²) in [5.74, 6) is 1.49. The Balaban J connectivity index is 1.57. The molecule has 1 amide bonds. The van der Waals surface area contributed by atoms with E-state index in [-0.39, 0.29) is 5.91 Å². The molecule has 0 aliphatic carbocycles. The summed E-state index contributed by atoms with van der Waals surface area (Å²) in [6.45, 7) is 2.96. The second kappa shape index (κ2) is 7.30. The number of aromatic nitrogens is 1. The van der Waals surface area contributed by atoms with Gasteiger partial charge in [-0.2, -0.15) is 0 Å². The first-order valence-electron chi connectivity index (χ1n) is 8.18. The van der Waals surface area contributed by atoms with Crippen molar-refractivity contribution in [3.05, 3.63) is 59.8 Å². The molecule has 25 heavy (non-hydrogen) atoms. The van der Waals surface area contributed by atoms with Crippen molar-refractivity contribution in [2.24, 2.45) is 0 Å². The quantitative estimate of drug-likeness (QED) is 0.747. The Bertz CT molecular complexity index is 868. The number of aryl methyl sites for hydroxylation is 1. The first kappa shape index (κ1) is 16.9. The first-order chi connectivity index (χ1) is 12.1. The van der Waals surface area contributed by atoms with Gasteiger partial charge in [0.25, 0.3) is 5.91 Å². The third-order valence-corrected chi connectivity index (χ3v) is 4.11. The number of rotatable bonds is 6. The minimum atomic E-state index is -0.0489. The van der Waals surface area contributed by atoms with Gasteiger partial charge in [0.1, 0.15) is 23.8 Å². The number of benzene rings is 2. The molecule has 3 rings (SSSR count). The van der Waals surface area contributed by atoms with E-state index in [1.165, 1.54) is 0 Å². The molecule has 1 heterocycles. The van der Waals surface area contributed by atoms with E-state index in [0.29, 0.717) is 18.8 Å². The number of amides is 1. The third-order valence-electron chi connectivity index (χ3n) is 4.11. The smallest absolute Gasteiger partial charge is 0.270 e. The van der Waals surface area contributed by atoms with Crippen LogP contribution in [0.5, 0.6) is 11.5 Å². The number of fused-ring (bicyclic) bond motifs is 1. The molecule has 0 unspecified atom stereocenters. The summed E-state index contributed by atoms with van der Waals surface area (Å²) in [5.41, 5.74) is 2.73. The van der Waals surface area contributed by atoms with Gasteiger partial charge in [-0.15, -0.1) is 0 Å². The Morgan fingerprint density at radius 2 is 1.80 bits per heavy atom. The minimum Gasteiger partial charge on any atom is -0.497 e. The lowest BCUT2D eigenvalue weighted by molar-refractivity contribution is 0.0769. The lowest BCUT2D eigenvalue weighted by Gasteiger charge is -2.16. The number of H-pyrrole nitrogens is 1. The van der Waals surface area contributed by atoms with Crippen LogP contribution in [0.2, 0.25) is 0 Å². The second-order valence-corrected chi connectivity index (χ2v) is 6.02. The van der Waals surface area contributed by atoms with Crippen LogP contribution in [0, 0.1) is 6.92 Å². The van der Waals surface area contributed by atoms with E-state index in [4.69, 9.17) is 9.47 Å². The number of aromatic amines is 1. The number of hydrogen-bond donors (Lipinski definition) is 1. The van der Waals surface area contributed by atoms with Crippen molar-refractivity contribution in [1.82, 2.24) is 9.88 Å². The molecule has 0 fully saturated rings. The highest BCUT2D eigenvalue weighted by Crippen LogP contribution is 2.18. The summed E-state index contributed by atoms with van der Waals surface area (Å²) in [6, 6.07) is 15.4. The van der Waals surface area contributed by atoms with Crippen LogP contribution in [0.4, 0.5) is 0 Å². The maximum absolute atomic E-state index is 12.5. The molecule has 0 saturated heterocycles. The van der Waals surface area contributed by atoms with E-state index in [0.717, 1.165) is 28.0 Å². The molecule has 5 heteroatoms. The molecule has 130 valence electrons. The van der Waals surface area contributed by atoms with Gasteiger partial charge >= 0.3 is 0 Å². The molecule has 2 aromatic carbocycles. The SMILES string of the molecule is COc1ccc(OCCN(C)C(=O)c2cc3ccc(C)cc3[nH]2)cc1. The van der Waals surface area contributed by atoms with Gasteiger partial charge in [0.15, 0.2) is 0 Å². The second-order valence-electron chi connectivity index (χ2n) is 6.02. The van der Waals surface area contributed by atoms with Gasteiger partial charge in [-0.25, -0.2) is 0 Å². The highest BCUT2D eigenvalue weighted by atomic mass is 16.5. The maximum atomic E-state index is 12.5.